The molecule has 2 heterocycles. The molecule has 3 rings (SSSR count). The summed E-state index contributed by atoms with van der Waals surface area (Å²) in [6.45, 7) is 2.10. The van der Waals surface area contributed by atoms with Crippen LogP contribution in [0.15, 0.2) is 36.8 Å². The molecule has 0 amide bonds. The molecule has 2 aromatic heterocycles. The van der Waals surface area contributed by atoms with Gasteiger partial charge < -0.3 is 0 Å². The third kappa shape index (κ3) is 2.32. The van der Waals surface area contributed by atoms with Crippen LogP contribution in [-0.2, 0) is 6.42 Å². The molecule has 0 radical (unpaired) electrons. The molecule has 104 valence electrons. The third-order valence-electron chi connectivity index (χ3n) is 4.24. The zero-order valence-electron chi connectivity index (χ0n) is 11.7. The van der Waals surface area contributed by atoms with Gasteiger partial charge in [-0.2, -0.15) is 0 Å². The molecule has 3 N–H and O–H groups in total. The summed E-state index contributed by atoms with van der Waals surface area (Å²) in [7, 11) is 0. The lowest BCUT2D eigenvalue weighted by Crippen LogP contribution is -2.35. The monoisotopic (exact) mass is 268 g/mol. The lowest BCUT2D eigenvalue weighted by molar-refractivity contribution is 0.398. The highest BCUT2D eigenvalue weighted by molar-refractivity contribution is 5.33. The molecule has 0 fully saturated rings. The van der Waals surface area contributed by atoms with Crippen molar-refractivity contribution in [1.82, 2.24) is 15.4 Å². The quantitative estimate of drug-likeness (QED) is 0.663. The van der Waals surface area contributed by atoms with Crippen molar-refractivity contribution in [3.05, 3.63) is 59.2 Å². The summed E-state index contributed by atoms with van der Waals surface area (Å²) in [4.78, 5) is 8.86. The van der Waals surface area contributed by atoms with Crippen molar-refractivity contribution in [3.8, 4) is 0 Å². The van der Waals surface area contributed by atoms with Crippen molar-refractivity contribution >= 4 is 0 Å². The van der Waals surface area contributed by atoms with E-state index in [1.54, 1.807) is 0 Å². The molecule has 2 aromatic rings. The zero-order valence-corrected chi connectivity index (χ0v) is 11.7. The zero-order chi connectivity index (χ0) is 13.9. The van der Waals surface area contributed by atoms with Crippen molar-refractivity contribution in [2.24, 2.45) is 5.84 Å². The van der Waals surface area contributed by atoms with Gasteiger partial charge in [-0.05, 0) is 55.0 Å². The van der Waals surface area contributed by atoms with Crippen LogP contribution in [0.25, 0.3) is 0 Å². The number of nitrogens with one attached hydrogen (secondary N) is 1. The van der Waals surface area contributed by atoms with Gasteiger partial charge in [0.05, 0.1) is 6.04 Å². The predicted molar refractivity (Wildman–Crippen MR) is 79.0 cm³/mol. The first-order chi connectivity index (χ1) is 9.81. The summed E-state index contributed by atoms with van der Waals surface area (Å²) in [5, 5.41) is 0. The number of aryl methyl sites for hydroxylation is 2. The fourth-order valence-corrected chi connectivity index (χ4v) is 3.19. The number of hydrogen-bond donors (Lipinski definition) is 2. The Bertz CT molecular complexity index is 597. The van der Waals surface area contributed by atoms with Gasteiger partial charge in [-0.15, -0.1) is 0 Å². The van der Waals surface area contributed by atoms with Gasteiger partial charge in [0.15, 0.2) is 0 Å². The van der Waals surface area contributed by atoms with Gasteiger partial charge in [0.1, 0.15) is 0 Å². The second-order valence-corrected chi connectivity index (χ2v) is 5.42. The summed E-state index contributed by atoms with van der Waals surface area (Å²) in [6.07, 6.45) is 9.01. The van der Waals surface area contributed by atoms with Gasteiger partial charge in [-0.1, -0.05) is 6.07 Å². The normalized spacial score (nSPS) is 19.4. The molecule has 0 aliphatic heterocycles. The second-order valence-electron chi connectivity index (χ2n) is 5.42. The van der Waals surface area contributed by atoms with Crippen LogP contribution in [0.2, 0.25) is 0 Å². The van der Waals surface area contributed by atoms with E-state index >= 15 is 0 Å². The van der Waals surface area contributed by atoms with E-state index in [1.807, 2.05) is 30.7 Å². The summed E-state index contributed by atoms with van der Waals surface area (Å²) in [6, 6.07) is 6.29. The predicted octanol–water partition coefficient (Wildman–Crippen LogP) is 2.41. The molecule has 0 spiro atoms. The third-order valence-corrected chi connectivity index (χ3v) is 4.24. The molecule has 2 atom stereocenters. The molecule has 1 aliphatic carbocycles. The van der Waals surface area contributed by atoms with E-state index in [-0.39, 0.29) is 6.04 Å². The summed E-state index contributed by atoms with van der Waals surface area (Å²) < 4.78 is 0. The number of nitrogens with two attached hydrogens (primary N) is 1. The van der Waals surface area contributed by atoms with Crippen LogP contribution >= 0.6 is 0 Å². The summed E-state index contributed by atoms with van der Waals surface area (Å²) in [5.74, 6) is 6.17. The Morgan fingerprint density at radius 1 is 1.35 bits per heavy atom. The molecular formula is C16H20N4. The highest BCUT2D eigenvalue weighted by atomic mass is 15.2. The average molecular weight is 268 g/mol. The minimum Gasteiger partial charge on any atom is -0.271 e. The number of hydrazine groups is 1. The molecule has 4 nitrogen and oxygen atoms in total. The van der Waals surface area contributed by atoms with E-state index in [4.69, 9.17) is 5.84 Å². The number of hydrogen-bond acceptors (Lipinski definition) is 4. The van der Waals surface area contributed by atoms with Gasteiger partial charge in [0.2, 0.25) is 0 Å². The number of fused-ring (bicyclic) bond motifs is 1. The fraction of sp³-hybridized carbons (Fsp3) is 0.375. The Balaban J connectivity index is 2.01. The molecule has 0 saturated carbocycles. The summed E-state index contributed by atoms with van der Waals surface area (Å²) >= 11 is 0. The second kappa shape index (κ2) is 5.69. The van der Waals surface area contributed by atoms with Crippen molar-refractivity contribution in [2.45, 2.75) is 38.1 Å². The van der Waals surface area contributed by atoms with Gasteiger partial charge >= 0.3 is 0 Å². The Hall–Kier alpha value is -1.78. The molecule has 0 aromatic carbocycles. The van der Waals surface area contributed by atoms with E-state index in [0.717, 1.165) is 12.8 Å². The van der Waals surface area contributed by atoms with Crippen molar-refractivity contribution < 1.29 is 0 Å². The highest BCUT2D eigenvalue weighted by Crippen LogP contribution is 2.39. The summed E-state index contributed by atoms with van der Waals surface area (Å²) in [5.41, 5.74) is 7.91. The number of rotatable bonds is 3. The molecule has 4 heteroatoms. The fourth-order valence-electron chi connectivity index (χ4n) is 3.19. The van der Waals surface area contributed by atoms with E-state index in [1.165, 1.54) is 28.8 Å². The molecule has 1 aliphatic rings. The van der Waals surface area contributed by atoms with E-state index in [9.17, 15) is 0 Å². The maximum Gasteiger partial charge on any atom is 0.0561 e. The van der Waals surface area contributed by atoms with Crippen LogP contribution in [-0.4, -0.2) is 9.97 Å². The van der Waals surface area contributed by atoms with Crippen molar-refractivity contribution in [1.29, 1.82) is 0 Å². The average Bonchev–Trinajstić information content (AvgIpc) is 2.50. The smallest absolute Gasteiger partial charge is 0.0561 e. The lowest BCUT2D eigenvalue weighted by Gasteiger charge is -2.31. The van der Waals surface area contributed by atoms with Crippen molar-refractivity contribution in [3.63, 3.8) is 0 Å². The maximum atomic E-state index is 5.86. The van der Waals surface area contributed by atoms with Crippen LogP contribution < -0.4 is 11.3 Å². The van der Waals surface area contributed by atoms with Gasteiger partial charge in [-0.3, -0.25) is 21.2 Å². The minimum absolute atomic E-state index is 0.0673. The maximum absolute atomic E-state index is 5.86. The molecular weight excluding hydrogens is 248 g/mol. The van der Waals surface area contributed by atoms with Gasteiger partial charge in [0, 0.05) is 30.2 Å². The largest absolute Gasteiger partial charge is 0.271 e. The molecule has 0 bridgehead atoms. The number of nitrogens with zero attached hydrogens (tertiary/aromatic N) is 2. The standard InChI is InChI=1S/C16H20N4/c1-11-7-9-18-10-14(11)16(20-17)13-6-2-4-12-5-3-8-19-15(12)13/h3,5,7-10,13,16,20H,2,4,6,17H2,1H3. The van der Waals surface area contributed by atoms with E-state index in [2.05, 4.69) is 28.4 Å². The van der Waals surface area contributed by atoms with Gasteiger partial charge in [-0.25, -0.2) is 0 Å². The molecule has 20 heavy (non-hydrogen) atoms. The molecule has 2 unspecified atom stereocenters. The Morgan fingerprint density at radius 3 is 3.05 bits per heavy atom. The molecule has 0 saturated heterocycles. The minimum atomic E-state index is 0.0673. The lowest BCUT2D eigenvalue weighted by atomic mass is 9.79. The van der Waals surface area contributed by atoms with E-state index in [0.29, 0.717) is 5.92 Å². The van der Waals surface area contributed by atoms with E-state index < -0.39 is 0 Å². The highest BCUT2D eigenvalue weighted by Gasteiger charge is 2.30. The first-order valence-corrected chi connectivity index (χ1v) is 7.11. The Morgan fingerprint density at radius 2 is 2.25 bits per heavy atom. The Labute approximate surface area is 119 Å². The SMILES string of the molecule is Cc1ccncc1C(NN)C1CCCc2cccnc21. The number of pyridine rings is 2. The topological polar surface area (TPSA) is 63.8 Å². The van der Waals surface area contributed by atoms with Crippen LogP contribution in [0, 0.1) is 6.92 Å². The van der Waals surface area contributed by atoms with Crippen LogP contribution in [0.5, 0.6) is 0 Å². The van der Waals surface area contributed by atoms with Crippen LogP contribution in [0.1, 0.15) is 47.2 Å². The first-order valence-electron chi connectivity index (χ1n) is 7.11. The Kier molecular flexibility index (Phi) is 3.76. The number of aromatic nitrogens is 2. The van der Waals surface area contributed by atoms with Crippen LogP contribution in [0.3, 0.4) is 0 Å². The van der Waals surface area contributed by atoms with Crippen LogP contribution in [0.4, 0.5) is 0 Å². The first kappa shape index (κ1) is 13.2. The van der Waals surface area contributed by atoms with Gasteiger partial charge in [0.25, 0.3) is 0 Å². The van der Waals surface area contributed by atoms with Crippen molar-refractivity contribution in [2.75, 3.05) is 0 Å².